The molecule has 0 unspecified atom stereocenters. The van der Waals surface area contributed by atoms with E-state index < -0.39 is 7.12 Å². The minimum Gasteiger partial charge on any atom is -0.398 e. The van der Waals surface area contributed by atoms with Gasteiger partial charge in [-0.15, -0.1) is 0 Å². The normalized spacial score (nSPS) is 21.2. The zero-order valence-electron chi connectivity index (χ0n) is 13.5. The molecule has 21 heavy (non-hydrogen) atoms. The molecule has 0 radical (unpaired) electrons. The van der Waals surface area contributed by atoms with Crippen LogP contribution in [-0.2, 0) is 9.31 Å². The summed E-state index contributed by atoms with van der Waals surface area (Å²) in [6.45, 7) is 13.8. The van der Waals surface area contributed by atoms with Crippen LogP contribution in [0, 0.1) is 0 Å². The van der Waals surface area contributed by atoms with Crippen LogP contribution in [0.2, 0.25) is 0 Å². The second-order valence-corrected chi connectivity index (χ2v) is 6.18. The summed E-state index contributed by atoms with van der Waals surface area (Å²) in [5, 5.41) is 4.36. The van der Waals surface area contributed by atoms with E-state index in [1.165, 1.54) is 0 Å². The lowest BCUT2D eigenvalue weighted by atomic mass is 9.84. The number of rotatable bonds is 4. The van der Waals surface area contributed by atoms with Crippen molar-refractivity contribution in [3.05, 3.63) is 43.1 Å². The van der Waals surface area contributed by atoms with Crippen LogP contribution < -0.4 is 5.59 Å². The minimum absolute atomic E-state index is 0.354. The second kappa shape index (κ2) is 5.66. The maximum absolute atomic E-state index is 6.08. The van der Waals surface area contributed by atoms with Crippen molar-refractivity contribution in [2.24, 2.45) is 0 Å². The molecule has 1 aliphatic heterocycles. The Morgan fingerprint density at radius 3 is 2.43 bits per heavy atom. The first-order valence-electron chi connectivity index (χ1n) is 7.14. The van der Waals surface area contributed by atoms with Crippen LogP contribution >= 0.6 is 0 Å². The molecule has 1 fully saturated rings. The second-order valence-electron chi connectivity index (χ2n) is 6.18. The number of hydrogen-bond donors (Lipinski definition) is 0. The Labute approximate surface area is 127 Å². The highest BCUT2D eigenvalue weighted by molar-refractivity contribution is 6.61. The van der Waals surface area contributed by atoms with Crippen LogP contribution in [0.15, 0.2) is 43.1 Å². The van der Waals surface area contributed by atoms with E-state index in [0.717, 1.165) is 11.3 Å². The number of allylic oxidation sites excluding steroid dienone is 5. The van der Waals surface area contributed by atoms with Gasteiger partial charge in [0.1, 0.15) is 0 Å². The molecule has 0 aromatic carbocycles. The van der Waals surface area contributed by atoms with Crippen molar-refractivity contribution in [1.82, 2.24) is 9.78 Å². The maximum Gasteiger partial charge on any atom is 0.514 e. The Morgan fingerprint density at radius 2 is 1.86 bits per heavy atom. The van der Waals surface area contributed by atoms with E-state index in [4.69, 9.17) is 9.31 Å². The molecule has 112 valence electrons. The summed E-state index contributed by atoms with van der Waals surface area (Å²) >= 11 is 0. The van der Waals surface area contributed by atoms with Crippen LogP contribution in [-0.4, -0.2) is 28.1 Å². The first-order valence-corrected chi connectivity index (χ1v) is 7.14. The topological polar surface area (TPSA) is 36.3 Å². The van der Waals surface area contributed by atoms with Crippen LogP contribution in [0.3, 0.4) is 0 Å². The summed E-state index contributed by atoms with van der Waals surface area (Å²) in [6.07, 6.45) is 9.28. The molecular weight excluding hydrogens is 263 g/mol. The van der Waals surface area contributed by atoms with Gasteiger partial charge in [-0.2, -0.15) is 5.10 Å². The van der Waals surface area contributed by atoms with Crippen molar-refractivity contribution in [2.45, 2.75) is 45.8 Å². The Hall–Kier alpha value is -1.59. The van der Waals surface area contributed by atoms with Crippen molar-refractivity contribution in [2.75, 3.05) is 0 Å². The van der Waals surface area contributed by atoms with Gasteiger partial charge in [0.2, 0.25) is 0 Å². The Balaban J connectivity index is 2.28. The average Bonchev–Trinajstić information content (AvgIpc) is 2.93. The van der Waals surface area contributed by atoms with Crippen LogP contribution in [0.25, 0.3) is 5.70 Å². The average molecular weight is 286 g/mol. The van der Waals surface area contributed by atoms with Crippen molar-refractivity contribution in [1.29, 1.82) is 0 Å². The zero-order chi connectivity index (χ0) is 15.7. The monoisotopic (exact) mass is 286 g/mol. The molecule has 0 aliphatic carbocycles. The van der Waals surface area contributed by atoms with E-state index >= 15 is 0 Å². The lowest BCUT2D eigenvalue weighted by Crippen LogP contribution is -2.41. The molecule has 4 nitrogen and oxygen atoms in total. The molecular formula is C16H23BN2O2. The first-order chi connectivity index (χ1) is 9.78. The molecule has 0 bridgehead atoms. The van der Waals surface area contributed by atoms with Gasteiger partial charge in [-0.25, -0.2) is 4.68 Å². The van der Waals surface area contributed by atoms with Gasteiger partial charge in [0.05, 0.1) is 16.8 Å². The predicted molar refractivity (Wildman–Crippen MR) is 87.2 cm³/mol. The van der Waals surface area contributed by atoms with E-state index in [-0.39, 0.29) is 11.2 Å². The highest BCUT2D eigenvalue weighted by Gasteiger charge is 2.52. The van der Waals surface area contributed by atoms with Gasteiger partial charge in [0.15, 0.2) is 0 Å². The largest absolute Gasteiger partial charge is 0.514 e. The van der Waals surface area contributed by atoms with Crippen LogP contribution in [0.4, 0.5) is 0 Å². The fourth-order valence-corrected chi connectivity index (χ4v) is 2.09. The third-order valence-corrected chi connectivity index (χ3v) is 4.09. The molecule has 1 aliphatic rings. The molecule has 0 saturated carbocycles. The molecule has 0 amide bonds. The zero-order valence-corrected chi connectivity index (χ0v) is 13.5. The summed E-state index contributed by atoms with van der Waals surface area (Å²) in [5.41, 5.74) is 1.18. The highest BCUT2D eigenvalue weighted by Crippen LogP contribution is 2.36. The fourth-order valence-electron chi connectivity index (χ4n) is 2.09. The molecule has 0 N–H and O–H groups in total. The van der Waals surface area contributed by atoms with Gasteiger partial charge < -0.3 is 9.31 Å². The smallest absolute Gasteiger partial charge is 0.398 e. The lowest BCUT2D eigenvalue weighted by Gasteiger charge is -2.32. The van der Waals surface area contributed by atoms with Crippen molar-refractivity contribution >= 4 is 18.4 Å². The van der Waals surface area contributed by atoms with E-state index in [9.17, 15) is 0 Å². The molecule has 2 rings (SSSR count). The first kappa shape index (κ1) is 15.8. The molecule has 1 saturated heterocycles. The predicted octanol–water partition coefficient (Wildman–Crippen LogP) is 2.79. The number of nitrogens with zero attached hydrogens (tertiary/aromatic N) is 2. The Morgan fingerprint density at radius 1 is 1.24 bits per heavy atom. The molecule has 0 spiro atoms. The van der Waals surface area contributed by atoms with Gasteiger partial charge in [-0.05, 0) is 46.8 Å². The Bertz CT molecular complexity index is 569. The summed E-state index contributed by atoms with van der Waals surface area (Å²) in [4.78, 5) is 0. The number of aromatic nitrogens is 2. The van der Waals surface area contributed by atoms with E-state index in [0.29, 0.717) is 0 Å². The van der Waals surface area contributed by atoms with E-state index in [1.54, 1.807) is 12.3 Å². The van der Waals surface area contributed by atoms with Crippen molar-refractivity contribution in [3.63, 3.8) is 0 Å². The van der Waals surface area contributed by atoms with Crippen LogP contribution in [0.1, 0.15) is 34.6 Å². The van der Waals surface area contributed by atoms with E-state index in [1.807, 2.05) is 63.6 Å². The summed E-state index contributed by atoms with van der Waals surface area (Å²) in [7, 11) is -0.413. The standard InChI is InChI=1S/C16H23BN2O2/c1-7-8-9-10-13(2)19-14(11-12-18-19)17-20-15(3,4)16(5,6)21-17/h7-12H,1H2,2-6H3. The lowest BCUT2D eigenvalue weighted by molar-refractivity contribution is 0.00578. The summed E-state index contributed by atoms with van der Waals surface area (Å²) in [5.74, 6) is 0. The van der Waals surface area contributed by atoms with Crippen LogP contribution in [0.5, 0.6) is 0 Å². The highest BCUT2D eigenvalue weighted by atomic mass is 16.7. The maximum atomic E-state index is 6.08. The van der Waals surface area contributed by atoms with Crippen molar-refractivity contribution < 1.29 is 9.31 Å². The fraction of sp³-hybridized carbons (Fsp3) is 0.438. The Kier molecular flexibility index (Phi) is 4.26. The SMILES string of the molecule is C=CC=CC=C(C)n1nccc1B1OC(C)(C)C(C)(C)O1. The van der Waals surface area contributed by atoms with Gasteiger partial charge >= 0.3 is 7.12 Å². The molecule has 2 heterocycles. The molecule has 1 aromatic rings. The van der Waals surface area contributed by atoms with Gasteiger partial charge in [-0.3, -0.25) is 0 Å². The third-order valence-electron chi connectivity index (χ3n) is 4.09. The summed E-state index contributed by atoms with van der Waals surface area (Å²) in [6, 6.07) is 1.93. The van der Waals surface area contributed by atoms with Gasteiger partial charge in [0.25, 0.3) is 0 Å². The molecule has 1 aromatic heterocycles. The van der Waals surface area contributed by atoms with E-state index in [2.05, 4.69) is 11.7 Å². The van der Waals surface area contributed by atoms with Gasteiger partial charge in [-0.1, -0.05) is 24.8 Å². The quantitative estimate of drug-likeness (QED) is 0.631. The van der Waals surface area contributed by atoms with Gasteiger partial charge in [0, 0.05) is 11.9 Å². The molecule has 5 heteroatoms. The summed E-state index contributed by atoms with van der Waals surface area (Å²) < 4.78 is 14.0. The molecule has 0 atom stereocenters. The van der Waals surface area contributed by atoms with Crippen molar-refractivity contribution in [3.8, 4) is 0 Å². The minimum atomic E-state index is -0.413. The number of hydrogen-bond acceptors (Lipinski definition) is 3. The third kappa shape index (κ3) is 3.04.